The Bertz CT molecular complexity index is 1380. The molecule has 0 saturated heterocycles. The summed E-state index contributed by atoms with van der Waals surface area (Å²) in [5, 5.41) is 2.96. The smallest absolute Gasteiger partial charge is 0.269 e. The highest BCUT2D eigenvalue weighted by molar-refractivity contribution is 7.90. The van der Waals surface area contributed by atoms with Crippen LogP contribution in [-0.2, 0) is 23.2 Å². The fourth-order valence-corrected chi connectivity index (χ4v) is 4.64. The Kier molecular flexibility index (Phi) is 6.47. The topological polar surface area (TPSA) is 86.1 Å². The molecule has 0 aliphatic carbocycles. The average Bonchev–Trinajstić information content (AvgIpc) is 3.24. The van der Waals surface area contributed by atoms with Crippen LogP contribution in [0.4, 0.5) is 8.78 Å². The summed E-state index contributed by atoms with van der Waals surface area (Å²) in [5.74, 6) is -1.18. The normalized spacial score (nSPS) is 11.5. The quantitative estimate of drug-likeness (QED) is 0.395. The second-order valence-electron chi connectivity index (χ2n) is 7.14. The third-order valence-electron chi connectivity index (χ3n) is 4.86. The number of ether oxygens (including phenoxy) is 1. The Labute approximate surface area is 189 Å². The molecular weight excluding hydrogens is 450 g/mol. The summed E-state index contributed by atoms with van der Waals surface area (Å²) in [6, 6.07) is 11.7. The Hall–Kier alpha value is -3.63. The van der Waals surface area contributed by atoms with Crippen molar-refractivity contribution in [1.29, 1.82) is 0 Å². The number of halogens is 2. The maximum Gasteiger partial charge on any atom is 0.269 e. The number of hydrogen-bond acceptors (Lipinski definition) is 6. The lowest BCUT2D eigenvalue weighted by molar-refractivity contribution is 0.296. The van der Waals surface area contributed by atoms with E-state index >= 15 is 4.39 Å². The minimum Gasteiger partial charge on any atom is -0.489 e. The molecule has 0 aliphatic heterocycles. The fraction of sp³-hybridized carbons (Fsp3) is 0.130. The predicted octanol–water partition coefficient (Wildman–Crippen LogP) is 3.76. The first-order valence-electron chi connectivity index (χ1n) is 9.93. The Morgan fingerprint density at radius 3 is 2.61 bits per heavy atom. The highest BCUT2D eigenvalue weighted by Crippen LogP contribution is 2.31. The molecule has 170 valence electrons. The Morgan fingerprint density at radius 1 is 1.09 bits per heavy atom. The van der Waals surface area contributed by atoms with E-state index in [0.29, 0.717) is 12.1 Å². The predicted molar refractivity (Wildman–Crippen MR) is 118 cm³/mol. The van der Waals surface area contributed by atoms with Gasteiger partial charge in [0.15, 0.2) is 0 Å². The molecule has 10 heteroatoms. The molecule has 0 fully saturated rings. The van der Waals surface area contributed by atoms with E-state index < -0.39 is 21.8 Å². The van der Waals surface area contributed by atoms with Crippen molar-refractivity contribution >= 4 is 10.0 Å². The maximum absolute atomic E-state index is 15.1. The zero-order valence-corrected chi connectivity index (χ0v) is 18.4. The standard InChI is InChI=1S/C23H20F2N4O3S/c1-26-12-16-10-22(29(14-16)33(30,31)19-5-3-8-27-13-19)20-7-6-18(11-21(20)24)32-15-17-4-2-9-28-23(17)25/h2-11,13-14,26H,12,15H2,1H3. The molecule has 4 aromatic rings. The minimum atomic E-state index is -4.01. The van der Waals surface area contributed by atoms with E-state index in [2.05, 4.69) is 15.3 Å². The van der Waals surface area contributed by atoms with E-state index in [1.165, 1.54) is 55.1 Å². The van der Waals surface area contributed by atoms with Crippen LogP contribution in [0.3, 0.4) is 0 Å². The monoisotopic (exact) mass is 470 g/mol. The lowest BCUT2D eigenvalue weighted by atomic mass is 10.1. The molecule has 0 aliphatic rings. The van der Waals surface area contributed by atoms with Crippen LogP contribution in [0.15, 0.2) is 78.2 Å². The van der Waals surface area contributed by atoms with E-state index in [-0.39, 0.29) is 34.1 Å². The Morgan fingerprint density at radius 2 is 1.91 bits per heavy atom. The molecule has 1 aromatic carbocycles. The van der Waals surface area contributed by atoms with Gasteiger partial charge in [-0.1, -0.05) is 0 Å². The van der Waals surface area contributed by atoms with Crippen LogP contribution in [0, 0.1) is 11.8 Å². The van der Waals surface area contributed by atoms with Gasteiger partial charge in [0, 0.05) is 48.5 Å². The van der Waals surface area contributed by atoms with Gasteiger partial charge in [-0.2, -0.15) is 4.39 Å². The minimum absolute atomic E-state index is 0.0169. The molecule has 0 saturated carbocycles. The van der Waals surface area contributed by atoms with Gasteiger partial charge in [-0.05, 0) is 55.1 Å². The summed E-state index contributed by atoms with van der Waals surface area (Å²) in [7, 11) is -2.29. The summed E-state index contributed by atoms with van der Waals surface area (Å²) < 4.78 is 61.8. The summed E-state index contributed by atoms with van der Waals surface area (Å²) >= 11 is 0. The first-order chi connectivity index (χ1) is 15.9. The number of aromatic nitrogens is 3. The summed E-state index contributed by atoms with van der Waals surface area (Å²) in [4.78, 5) is 7.41. The number of pyridine rings is 2. The van der Waals surface area contributed by atoms with Crippen LogP contribution in [0.2, 0.25) is 0 Å². The molecule has 0 spiro atoms. The molecule has 7 nitrogen and oxygen atoms in total. The molecule has 4 rings (SSSR count). The van der Waals surface area contributed by atoms with Crippen molar-refractivity contribution in [1.82, 2.24) is 19.3 Å². The maximum atomic E-state index is 15.1. The van der Waals surface area contributed by atoms with Crippen LogP contribution in [0.25, 0.3) is 11.3 Å². The van der Waals surface area contributed by atoms with Crippen LogP contribution < -0.4 is 10.1 Å². The van der Waals surface area contributed by atoms with Crippen molar-refractivity contribution in [3.8, 4) is 17.0 Å². The number of rotatable bonds is 8. The van der Waals surface area contributed by atoms with Gasteiger partial charge < -0.3 is 10.1 Å². The molecule has 3 aromatic heterocycles. The van der Waals surface area contributed by atoms with Crippen LogP contribution in [-0.4, -0.2) is 29.4 Å². The first kappa shape index (κ1) is 22.6. The average molecular weight is 471 g/mol. The largest absolute Gasteiger partial charge is 0.489 e. The van der Waals surface area contributed by atoms with Crippen molar-refractivity contribution in [3.63, 3.8) is 0 Å². The van der Waals surface area contributed by atoms with Crippen LogP contribution in [0.1, 0.15) is 11.1 Å². The second kappa shape index (κ2) is 9.47. The van der Waals surface area contributed by atoms with E-state index in [4.69, 9.17) is 4.74 Å². The van der Waals surface area contributed by atoms with Gasteiger partial charge in [0.1, 0.15) is 23.1 Å². The van der Waals surface area contributed by atoms with E-state index in [1.54, 1.807) is 19.2 Å². The van der Waals surface area contributed by atoms with Gasteiger partial charge in [-0.3, -0.25) is 4.98 Å². The van der Waals surface area contributed by atoms with Gasteiger partial charge in [-0.25, -0.2) is 21.8 Å². The van der Waals surface area contributed by atoms with Crippen molar-refractivity contribution in [2.75, 3.05) is 7.05 Å². The lowest BCUT2D eigenvalue weighted by Gasteiger charge is -2.12. The molecule has 33 heavy (non-hydrogen) atoms. The molecular formula is C23H20F2N4O3S. The zero-order chi connectivity index (χ0) is 23.4. The molecule has 3 heterocycles. The number of nitrogens with one attached hydrogen (secondary N) is 1. The summed E-state index contributed by atoms with van der Waals surface area (Å²) in [6.07, 6.45) is 5.48. The number of benzene rings is 1. The molecule has 1 N–H and O–H groups in total. The number of nitrogens with zero attached hydrogens (tertiary/aromatic N) is 3. The van der Waals surface area contributed by atoms with Crippen molar-refractivity contribution in [2.45, 2.75) is 18.0 Å². The van der Waals surface area contributed by atoms with Gasteiger partial charge in [0.2, 0.25) is 5.95 Å². The van der Waals surface area contributed by atoms with Crippen LogP contribution in [0.5, 0.6) is 5.75 Å². The SMILES string of the molecule is CNCc1cc(-c2ccc(OCc3cccnc3F)cc2F)n(S(=O)(=O)c2cccnc2)c1. The molecule has 0 bridgehead atoms. The zero-order valence-electron chi connectivity index (χ0n) is 17.6. The van der Waals surface area contributed by atoms with Gasteiger partial charge >= 0.3 is 0 Å². The third-order valence-corrected chi connectivity index (χ3v) is 6.52. The van der Waals surface area contributed by atoms with E-state index in [0.717, 1.165) is 10.0 Å². The summed E-state index contributed by atoms with van der Waals surface area (Å²) in [6.45, 7) is 0.262. The van der Waals surface area contributed by atoms with Gasteiger partial charge in [0.05, 0.1) is 5.69 Å². The van der Waals surface area contributed by atoms with Gasteiger partial charge in [-0.15, -0.1) is 0 Å². The van der Waals surface area contributed by atoms with E-state index in [1.807, 2.05) is 0 Å². The van der Waals surface area contributed by atoms with Crippen molar-refractivity contribution < 1.29 is 21.9 Å². The highest BCUT2D eigenvalue weighted by atomic mass is 32.2. The molecule has 0 radical (unpaired) electrons. The summed E-state index contributed by atoms with van der Waals surface area (Å²) in [5.41, 5.74) is 1.12. The highest BCUT2D eigenvalue weighted by Gasteiger charge is 2.23. The fourth-order valence-electron chi connectivity index (χ4n) is 3.29. The third kappa shape index (κ3) is 4.76. The molecule has 0 amide bonds. The molecule has 0 unspecified atom stereocenters. The lowest BCUT2D eigenvalue weighted by Crippen LogP contribution is -2.14. The number of hydrogen-bond donors (Lipinski definition) is 1. The van der Waals surface area contributed by atoms with Gasteiger partial charge in [0.25, 0.3) is 10.0 Å². The second-order valence-corrected chi connectivity index (χ2v) is 8.95. The van der Waals surface area contributed by atoms with Crippen molar-refractivity contribution in [2.24, 2.45) is 0 Å². The molecule has 0 atom stereocenters. The van der Waals surface area contributed by atoms with Crippen molar-refractivity contribution in [3.05, 3.63) is 96.2 Å². The van der Waals surface area contributed by atoms with Crippen LogP contribution >= 0.6 is 0 Å². The Balaban J connectivity index is 1.69. The first-order valence-corrected chi connectivity index (χ1v) is 11.4. The van der Waals surface area contributed by atoms with E-state index in [9.17, 15) is 12.8 Å².